The molecule has 0 aromatic heterocycles. The fourth-order valence-electron chi connectivity index (χ4n) is 2.57. The minimum Gasteiger partial charge on any atom is -0.497 e. The molecular formula is C19H24N2O5S. The summed E-state index contributed by atoms with van der Waals surface area (Å²) in [6, 6.07) is 11.5. The van der Waals surface area contributed by atoms with E-state index in [1.807, 2.05) is 0 Å². The smallest absolute Gasteiger partial charge is 0.255 e. The number of carbonyl (C=O) groups is 1. The van der Waals surface area contributed by atoms with Gasteiger partial charge in [-0.25, -0.2) is 8.42 Å². The fourth-order valence-corrected chi connectivity index (χ4v) is 3.72. The second kappa shape index (κ2) is 8.77. The number of hydrogen-bond donors (Lipinski definition) is 1. The van der Waals surface area contributed by atoms with E-state index < -0.39 is 10.0 Å². The molecule has 1 amide bonds. The molecule has 0 spiro atoms. The van der Waals surface area contributed by atoms with Crippen LogP contribution in [0.3, 0.4) is 0 Å². The molecule has 0 heterocycles. The molecule has 8 heteroatoms. The predicted molar refractivity (Wildman–Crippen MR) is 106 cm³/mol. The van der Waals surface area contributed by atoms with Gasteiger partial charge in [0.1, 0.15) is 11.5 Å². The molecule has 7 nitrogen and oxygen atoms in total. The summed E-state index contributed by atoms with van der Waals surface area (Å²) in [6.07, 6.45) is 0. The van der Waals surface area contributed by atoms with Crippen molar-refractivity contribution in [2.45, 2.75) is 13.8 Å². The van der Waals surface area contributed by atoms with Crippen LogP contribution in [0.15, 0.2) is 42.5 Å². The van der Waals surface area contributed by atoms with Crippen molar-refractivity contribution < 1.29 is 22.7 Å². The van der Waals surface area contributed by atoms with Crippen LogP contribution in [0.5, 0.6) is 11.5 Å². The van der Waals surface area contributed by atoms with Gasteiger partial charge in [0.15, 0.2) is 0 Å². The lowest BCUT2D eigenvalue weighted by atomic mass is 10.2. The van der Waals surface area contributed by atoms with Crippen LogP contribution in [0, 0.1) is 0 Å². The van der Waals surface area contributed by atoms with Gasteiger partial charge in [-0.2, -0.15) is 0 Å². The first-order chi connectivity index (χ1) is 12.9. The fraction of sp³-hybridized carbons (Fsp3) is 0.316. The third-order valence-electron chi connectivity index (χ3n) is 4.06. The van der Waals surface area contributed by atoms with Crippen molar-refractivity contribution in [1.82, 2.24) is 0 Å². The Labute approximate surface area is 160 Å². The van der Waals surface area contributed by atoms with Crippen LogP contribution in [-0.4, -0.2) is 40.8 Å². The Morgan fingerprint density at radius 2 is 1.70 bits per heavy atom. The Balaban J connectivity index is 2.21. The number of anilines is 2. The Morgan fingerprint density at radius 3 is 2.22 bits per heavy atom. The van der Waals surface area contributed by atoms with Gasteiger partial charge in [0, 0.05) is 18.2 Å². The Morgan fingerprint density at radius 1 is 1.04 bits per heavy atom. The molecule has 0 radical (unpaired) electrons. The molecule has 2 aromatic rings. The number of nitrogens with zero attached hydrogens (tertiary/aromatic N) is 1. The molecule has 0 unspecified atom stereocenters. The minimum absolute atomic E-state index is 0.0142. The SMILES string of the molecule is CCN(c1ccc(C(=O)Nc2ccc(OC)cc2OC)cc1)S(=O)(=O)CC. The molecule has 1 N–H and O–H groups in total. The summed E-state index contributed by atoms with van der Waals surface area (Å²) in [5, 5.41) is 2.78. The van der Waals surface area contributed by atoms with Crippen molar-refractivity contribution >= 4 is 27.3 Å². The standard InChI is InChI=1S/C19H24N2O5S/c1-5-21(27(23,24)6-2)15-9-7-14(8-10-15)19(22)20-17-12-11-16(25-3)13-18(17)26-4/h7-13H,5-6H2,1-4H3,(H,20,22). The molecule has 0 fully saturated rings. The number of ether oxygens (including phenoxy) is 2. The Hall–Kier alpha value is -2.74. The second-order valence-corrected chi connectivity index (χ2v) is 7.81. The van der Waals surface area contributed by atoms with E-state index in [9.17, 15) is 13.2 Å². The highest BCUT2D eigenvalue weighted by atomic mass is 32.2. The maximum atomic E-state index is 12.5. The molecule has 0 saturated heterocycles. The number of amides is 1. The molecule has 2 rings (SSSR count). The topological polar surface area (TPSA) is 84.9 Å². The number of methoxy groups -OCH3 is 2. The molecule has 0 atom stereocenters. The molecule has 0 bridgehead atoms. The lowest BCUT2D eigenvalue weighted by Crippen LogP contribution is -2.32. The largest absolute Gasteiger partial charge is 0.497 e. The van der Waals surface area contributed by atoms with Gasteiger partial charge >= 0.3 is 0 Å². The van der Waals surface area contributed by atoms with E-state index in [0.717, 1.165) is 0 Å². The quantitative estimate of drug-likeness (QED) is 0.746. The molecular weight excluding hydrogens is 368 g/mol. The number of sulfonamides is 1. The normalized spacial score (nSPS) is 11.0. The average molecular weight is 392 g/mol. The van der Waals surface area contributed by atoms with Gasteiger partial charge < -0.3 is 14.8 Å². The van der Waals surface area contributed by atoms with Crippen molar-refractivity contribution in [1.29, 1.82) is 0 Å². The van der Waals surface area contributed by atoms with E-state index in [0.29, 0.717) is 35.0 Å². The van der Waals surface area contributed by atoms with E-state index in [-0.39, 0.29) is 11.7 Å². The molecule has 0 aliphatic heterocycles. The predicted octanol–water partition coefficient (Wildman–Crippen LogP) is 3.13. The van der Waals surface area contributed by atoms with Crippen LogP contribution in [-0.2, 0) is 10.0 Å². The Bertz CT molecular complexity index is 895. The molecule has 2 aromatic carbocycles. The molecule has 0 aliphatic carbocycles. The highest BCUT2D eigenvalue weighted by molar-refractivity contribution is 7.92. The van der Waals surface area contributed by atoms with Crippen LogP contribution in [0.1, 0.15) is 24.2 Å². The molecule has 27 heavy (non-hydrogen) atoms. The van der Waals surface area contributed by atoms with Crippen molar-refractivity contribution in [3.8, 4) is 11.5 Å². The third-order valence-corrected chi connectivity index (χ3v) is 5.93. The van der Waals surface area contributed by atoms with Gasteiger partial charge in [-0.3, -0.25) is 9.10 Å². The van der Waals surface area contributed by atoms with Crippen molar-refractivity contribution in [2.24, 2.45) is 0 Å². The summed E-state index contributed by atoms with van der Waals surface area (Å²) in [5.41, 5.74) is 1.44. The zero-order chi connectivity index (χ0) is 20.0. The second-order valence-electron chi connectivity index (χ2n) is 5.63. The summed E-state index contributed by atoms with van der Waals surface area (Å²) in [5.74, 6) is 0.781. The number of carbonyl (C=O) groups excluding carboxylic acids is 1. The van der Waals surface area contributed by atoms with E-state index in [2.05, 4.69) is 5.32 Å². The maximum absolute atomic E-state index is 12.5. The van der Waals surface area contributed by atoms with Gasteiger partial charge in [-0.05, 0) is 50.2 Å². The van der Waals surface area contributed by atoms with Gasteiger partial charge in [-0.1, -0.05) is 0 Å². The van der Waals surface area contributed by atoms with Gasteiger partial charge in [0.05, 0.1) is 31.3 Å². The first-order valence-corrected chi connectivity index (χ1v) is 10.1. The Kier molecular flexibility index (Phi) is 6.68. The van der Waals surface area contributed by atoms with E-state index in [4.69, 9.17) is 9.47 Å². The summed E-state index contributed by atoms with van der Waals surface area (Å²) in [4.78, 5) is 12.5. The minimum atomic E-state index is -3.36. The summed E-state index contributed by atoms with van der Waals surface area (Å²) >= 11 is 0. The van der Waals surface area contributed by atoms with Gasteiger partial charge in [-0.15, -0.1) is 0 Å². The van der Waals surface area contributed by atoms with E-state index >= 15 is 0 Å². The van der Waals surface area contributed by atoms with Crippen LogP contribution in [0.25, 0.3) is 0 Å². The van der Waals surface area contributed by atoms with Gasteiger partial charge in [0.2, 0.25) is 10.0 Å². The molecule has 0 saturated carbocycles. The monoisotopic (exact) mass is 392 g/mol. The number of benzene rings is 2. The zero-order valence-corrected chi connectivity index (χ0v) is 16.7. The lowest BCUT2D eigenvalue weighted by molar-refractivity contribution is 0.102. The average Bonchev–Trinajstić information content (AvgIpc) is 2.69. The molecule has 146 valence electrons. The van der Waals surface area contributed by atoms with Crippen molar-refractivity contribution in [2.75, 3.05) is 36.1 Å². The van der Waals surface area contributed by atoms with Crippen LogP contribution >= 0.6 is 0 Å². The lowest BCUT2D eigenvalue weighted by Gasteiger charge is -2.22. The van der Waals surface area contributed by atoms with E-state index in [1.165, 1.54) is 11.4 Å². The van der Waals surface area contributed by atoms with E-state index in [1.54, 1.807) is 63.4 Å². The van der Waals surface area contributed by atoms with Crippen molar-refractivity contribution in [3.05, 3.63) is 48.0 Å². The van der Waals surface area contributed by atoms with Gasteiger partial charge in [0.25, 0.3) is 5.91 Å². The van der Waals surface area contributed by atoms with Crippen LogP contribution < -0.4 is 19.1 Å². The summed E-state index contributed by atoms with van der Waals surface area (Å²) < 4.78 is 36.0. The van der Waals surface area contributed by atoms with Crippen LogP contribution in [0.2, 0.25) is 0 Å². The third kappa shape index (κ3) is 4.71. The number of hydrogen-bond acceptors (Lipinski definition) is 5. The first kappa shape index (κ1) is 20.6. The summed E-state index contributed by atoms with van der Waals surface area (Å²) in [6.45, 7) is 3.69. The number of rotatable bonds is 8. The highest BCUT2D eigenvalue weighted by Gasteiger charge is 2.19. The van der Waals surface area contributed by atoms with Crippen molar-refractivity contribution in [3.63, 3.8) is 0 Å². The maximum Gasteiger partial charge on any atom is 0.255 e. The first-order valence-electron chi connectivity index (χ1n) is 8.50. The summed E-state index contributed by atoms with van der Waals surface area (Å²) in [7, 11) is -0.301. The number of nitrogens with one attached hydrogen (secondary N) is 1. The zero-order valence-electron chi connectivity index (χ0n) is 15.9. The molecule has 0 aliphatic rings. The van der Waals surface area contributed by atoms with Crippen LogP contribution in [0.4, 0.5) is 11.4 Å². The highest BCUT2D eigenvalue weighted by Crippen LogP contribution is 2.29.